The maximum Gasteiger partial charge on any atom is 0.258 e. The van der Waals surface area contributed by atoms with Crippen LogP contribution in [0.4, 0.5) is 0 Å². The fraction of sp³-hybridized carbons (Fsp3) is 0.481. The number of amides is 2. The third kappa shape index (κ3) is 4.89. The summed E-state index contributed by atoms with van der Waals surface area (Å²) in [5, 5.41) is 11.1. The van der Waals surface area contributed by atoms with Crippen molar-refractivity contribution in [3.63, 3.8) is 0 Å². The number of fused-ring (bicyclic) bond motifs is 6. The van der Waals surface area contributed by atoms with Crippen LogP contribution in [-0.2, 0) is 19.2 Å². The molecule has 5 rings (SSSR count). The number of aromatic nitrogens is 1. The number of hydrogen-bond donors (Lipinski definition) is 0. The minimum atomic E-state index is -0.275. The minimum absolute atomic E-state index is 0.0880. The number of halogens is 1. The number of carbonyl (C=O) groups excluding carboxylic acids is 2. The van der Waals surface area contributed by atoms with Gasteiger partial charge in [-0.25, -0.2) is 0 Å². The number of nitriles is 1. The van der Waals surface area contributed by atoms with Crippen LogP contribution in [0.5, 0.6) is 11.5 Å². The van der Waals surface area contributed by atoms with Crippen molar-refractivity contribution in [1.82, 2.24) is 10.0 Å². The average Bonchev–Trinajstić information content (AvgIpc) is 3.58. The lowest BCUT2D eigenvalue weighted by Gasteiger charge is -2.17. The molecule has 10 heteroatoms. The Hall–Kier alpha value is -3.19. The Kier molecular flexibility index (Phi) is 7.60. The number of hydroxylamine groups is 2. The van der Waals surface area contributed by atoms with Gasteiger partial charge in [0.15, 0.2) is 11.5 Å². The Balaban J connectivity index is 1.11. The van der Waals surface area contributed by atoms with E-state index in [1.54, 1.807) is 12.1 Å². The molecule has 37 heavy (non-hydrogen) atoms. The lowest BCUT2D eigenvalue weighted by Crippen LogP contribution is -2.34. The molecule has 1 aromatic heterocycles. The quantitative estimate of drug-likeness (QED) is 0.231. The van der Waals surface area contributed by atoms with Crippen molar-refractivity contribution in [1.29, 1.82) is 5.26 Å². The van der Waals surface area contributed by atoms with E-state index in [0.717, 1.165) is 24.3 Å². The summed E-state index contributed by atoms with van der Waals surface area (Å²) in [6.07, 6.45) is 8.28. The summed E-state index contributed by atoms with van der Waals surface area (Å²) in [5.74, 6) is 0.295. The predicted molar refractivity (Wildman–Crippen MR) is 134 cm³/mol. The average molecular weight is 526 g/mol. The molecule has 1 saturated heterocycles. The Morgan fingerprint density at radius 3 is 2.41 bits per heavy atom. The number of ether oxygens (including phenoxy) is 3. The van der Waals surface area contributed by atoms with Crippen molar-refractivity contribution >= 4 is 34.3 Å². The molecule has 1 aliphatic heterocycles. The second-order valence-corrected chi connectivity index (χ2v) is 9.76. The number of nitrogens with zero attached hydrogens (tertiary/aromatic N) is 3. The molecule has 4 unspecified atom stereocenters. The van der Waals surface area contributed by atoms with Gasteiger partial charge in [0.25, 0.3) is 11.8 Å². The van der Waals surface area contributed by atoms with E-state index in [0.29, 0.717) is 39.6 Å². The van der Waals surface area contributed by atoms with Gasteiger partial charge in [0.1, 0.15) is 12.7 Å². The molecule has 0 radical (unpaired) electrons. The summed E-state index contributed by atoms with van der Waals surface area (Å²) < 4.78 is 17.4. The molecule has 2 aliphatic carbocycles. The highest BCUT2D eigenvalue weighted by molar-refractivity contribution is 6.36. The largest absolute Gasteiger partial charge is 0.490 e. The molecule has 3 aliphatic rings. The first-order valence-corrected chi connectivity index (χ1v) is 13.0. The van der Waals surface area contributed by atoms with E-state index < -0.39 is 0 Å². The van der Waals surface area contributed by atoms with E-state index in [-0.39, 0.29) is 61.9 Å². The minimum Gasteiger partial charge on any atom is -0.490 e. The third-order valence-corrected chi connectivity index (χ3v) is 7.51. The second-order valence-electron chi connectivity index (χ2n) is 9.38. The number of hydrogen-bond acceptors (Lipinski definition) is 8. The smallest absolute Gasteiger partial charge is 0.258 e. The van der Waals surface area contributed by atoms with Gasteiger partial charge in [-0.3, -0.25) is 19.4 Å². The van der Waals surface area contributed by atoms with Crippen LogP contribution < -0.4 is 9.47 Å². The summed E-state index contributed by atoms with van der Waals surface area (Å²) in [4.78, 5) is 35.1. The SMILES string of the molecule is CCCCOc1cc2c(Cl)c(C#N)cnc2cc1OCCOCCON1C(=O)C2C3C=CC(C3)C2C1=O. The van der Waals surface area contributed by atoms with Crippen LogP contribution in [0.2, 0.25) is 5.02 Å². The second kappa shape index (κ2) is 11.1. The first kappa shape index (κ1) is 25.5. The third-order valence-electron chi connectivity index (χ3n) is 7.11. The number of allylic oxidation sites excluding steroid dienone is 2. The molecule has 2 amide bonds. The molecule has 4 atom stereocenters. The summed E-state index contributed by atoms with van der Waals surface area (Å²) >= 11 is 6.37. The maximum absolute atomic E-state index is 12.6. The normalized spacial score (nSPS) is 23.6. The molecule has 0 N–H and O–H groups in total. The Labute approximate surface area is 219 Å². The topological polar surface area (TPSA) is 111 Å². The van der Waals surface area contributed by atoms with Crippen molar-refractivity contribution < 1.29 is 28.6 Å². The Morgan fingerprint density at radius 2 is 1.70 bits per heavy atom. The number of unbranched alkanes of at least 4 members (excludes halogenated alkanes) is 1. The van der Waals surface area contributed by atoms with Crippen LogP contribution in [0.3, 0.4) is 0 Å². The number of carbonyl (C=O) groups is 2. The lowest BCUT2D eigenvalue weighted by molar-refractivity contribution is -0.193. The zero-order valence-electron chi connectivity index (χ0n) is 20.5. The first-order chi connectivity index (χ1) is 18.0. The number of rotatable bonds is 12. The van der Waals surface area contributed by atoms with Crippen molar-refractivity contribution in [2.75, 3.05) is 33.0 Å². The molecular formula is C27H28ClN3O6. The molecule has 1 aromatic carbocycles. The van der Waals surface area contributed by atoms with E-state index >= 15 is 0 Å². The van der Waals surface area contributed by atoms with Gasteiger partial charge >= 0.3 is 0 Å². The molecule has 1 saturated carbocycles. The fourth-order valence-electron chi connectivity index (χ4n) is 5.30. The number of benzene rings is 1. The zero-order valence-corrected chi connectivity index (χ0v) is 21.3. The number of imide groups is 1. The molecule has 2 heterocycles. The van der Waals surface area contributed by atoms with Gasteiger partial charge in [0, 0.05) is 17.6 Å². The van der Waals surface area contributed by atoms with Crippen molar-refractivity contribution in [2.24, 2.45) is 23.7 Å². The van der Waals surface area contributed by atoms with E-state index in [2.05, 4.69) is 11.9 Å². The van der Waals surface area contributed by atoms with E-state index in [9.17, 15) is 14.9 Å². The number of pyridine rings is 1. The summed E-state index contributed by atoms with van der Waals surface area (Å²) in [5.41, 5.74) is 0.882. The van der Waals surface area contributed by atoms with Gasteiger partial charge in [-0.1, -0.05) is 37.1 Å². The summed E-state index contributed by atoms with van der Waals surface area (Å²) in [7, 11) is 0. The monoisotopic (exact) mass is 525 g/mol. The van der Waals surface area contributed by atoms with Crippen molar-refractivity contribution in [3.8, 4) is 17.6 Å². The molecule has 2 bridgehead atoms. The molecule has 2 fully saturated rings. The fourth-order valence-corrected chi connectivity index (χ4v) is 5.54. The van der Waals surface area contributed by atoms with Gasteiger partial charge in [-0.15, -0.1) is 0 Å². The highest BCUT2D eigenvalue weighted by Gasteiger charge is 2.60. The van der Waals surface area contributed by atoms with Gasteiger partial charge < -0.3 is 14.2 Å². The van der Waals surface area contributed by atoms with E-state index in [1.165, 1.54) is 6.20 Å². The van der Waals surface area contributed by atoms with Crippen molar-refractivity contribution in [2.45, 2.75) is 26.2 Å². The predicted octanol–water partition coefficient (Wildman–Crippen LogP) is 4.07. The van der Waals surface area contributed by atoms with Crippen LogP contribution in [0.1, 0.15) is 31.7 Å². The molecule has 194 valence electrons. The van der Waals surface area contributed by atoms with Gasteiger partial charge in [0.05, 0.1) is 54.4 Å². The molecule has 2 aromatic rings. The van der Waals surface area contributed by atoms with Crippen LogP contribution >= 0.6 is 11.6 Å². The first-order valence-electron chi connectivity index (χ1n) is 12.6. The highest BCUT2D eigenvalue weighted by atomic mass is 35.5. The summed E-state index contributed by atoms with van der Waals surface area (Å²) in [6, 6.07) is 5.51. The molecule has 9 nitrogen and oxygen atoms in total. The van der Waals surface area contributed by atoms with Crippen LogP contribution in [-0.4, -0.2) is 54.9 Å². The maximum atomic E-state index is 12.6. The highest BCUT2D eigenvalue weighted by Crippen LogP contribution is 2.52. The zero-order chi connectivity index (χ0) is 25.9. The van der Waals surface area contributed by atoms with Gasteiger partial charge in [0.2, 0.25) is 0 Å². The Bertz CT molecular complexity index is 1250. The van der Waals surface area contributed by atoms with Crippen LogP contribution in [0, 0.1) is 35.0 Å². The van der Waals surface area contributed by atoms with Gasteiger partial charge in [-0.05, 0) is 30.7 Å². The van der Waals surface area contributed by atoms with Gasteiger partial charge in [-0.2, -0.15) is 10.3 Å². The van der Waals surface area contributed by atoms with Crippen LogP contribution in [0.15, 0.2) is 30.5 Å². The van der Waals surface area contributed by atoms with E-state index in [1.807, 2.05) is 18.2 Å². The lowest BCUT2D eigenvalue weighted by atomic mass is 9.85. The molecular weight excluding hydrogens is 498 g/mol. The molecule has 0 spiro atoms. The van der Waals surface area contributed by atoms with Crippen molar-refractivity contribution in [3.05, 3.63) is 41.1 Å². The van der Waals surface area contributed by atoms with Crippen LogP contribution in [0.25, 0.3) is 10.9 Å². The standard InChI is InChI=1S/C27H28ClN3O6/c1-2-3-6-35-21-12-19-20(30-15-18(14-29)25(19)28)13-22(21)36-9-7-34-8-10-37-31-26(32)23-16-4-5-17(11-16)24(23)27(31)33/h4-5,12-13,15-17,23-24H,2-3,6-11H2,1H3. The van der Waals surface area contributed by atoms with E-state index in [4.69, 9.17) is 30.6 Å². The summed E-state index contributed by atoms with van der Waals surface area (Å²) in [6.45, 7) is 3.38. The Morgan fingerprint density at radius 1 is 1.03 bits per heavy atom.